The summed E-state index contributed by atoms with van der Waals surface area (Å²) < 4.78 is 32.4. The van der Waals surface area contributed by atoms with Gasteiger partial charge in [-0.15, -0.1) is 0 Å². The molecule has 3 aromatic carbocycles. The number of piperidine rings is 1. The van der Waals surface area contributed by atoms with Gasteiger partial charge in [-0.2, -0.15) is 8.78 Å². The SMILES string of the molecule is FC1(F)c2cc(-c3ccc4nc(C5NC6CCC5C6)[nH]c4c3)ccc2-c2ccc(-c3nc[nH]c3C3CC4(CC4)CN3)cc21. The first-order chi connectivity index (χ1) is 20.9. The van der Waals surface area contributed by atoms with Crippen molar-refractivity contribution in [2.75, 3.05) is 6.54 Å². The van der Waals surface area contributed by atoms with Crippen molar-refractivity contribution in [1.82, 2.24) is 30.6 Å². The second-order valence-corrected chi connectivity index (χ2v) is 13.7. The summed E-state index contributed by atoms with van der Waals surface area (Å²) in [5.41, 5.74) is 7.74. The van der Waals surface area contributed by atoms with Gasteiger partial charge in [-0.25, -0.2) is 9.97 Å². The van der Waals surface area contributed by atoms with E-state index in [9.17, 15) is 0 Å². The van der Waals surface area contributed by atoms with E-state index in [1.54, 1.807) is 18.5 Å². The largest absolute Gasteiger partial charge is 0.347 e. The zero-order valence-corrected chi connectivity index (χ0v) is 23.7. The van der Waals surface area contributed by atoms with Crippen LogP contribution in [0, 0.1) is 11.3 Å². The Morgan fingerprint density at radius 2 is 1.63 bits per heavy atom. The molecule has 5 aromatic rings. The number of hydrogen-bond donors (Lipinski definition) is 4. The summed E-state index contributed by atoms with van der Waals surface area (Å²) in [6, 6.07) is 18.0. The average Bonchev–Trinajstić information content (AvgIpc) is 3.68. The Balaban J connectivity index is 0.979. The van der Waals surface area contributed by atoms with Gasteiger partial charge in [0.05, 0.1) is 40.8 Å². The maximum atomic E-state index is 16.2. The van der Waals surface area contributed by atoms with Crippen LogP contribution in [0.3, 0.4) is 0 Å². The molecule has 0 radical (unpaired) electrons. The number of aromatic nitrogens is 4. The smallest absolute Gasteiger partial charge is 0.299 e. The minimum absolute atomic E-state index is 0.0520. The van der Waals surface area contributed by atoms with Crippen molar-refractivity contribution in [1.29, 1.82) is 0 Å². The van der Waals surface area contributed by atoms with Crippen molar-refractivity contribution in [3.8, 4) is 33.5 Å². The molecule has 5 aliphatic rings. The molecule has 4 atom stereocenters. The van der Waals surface area contributed by atoms with Gasteiger partial charge in [0.15, 0.2) is 0 Å². The van der Waals surface area contributed by atoms with Crippen molar-refractivity contribution in [3.63, 3.8) is 0 Å². The van der Waals surface area contributed by atoms with Gasteiger partial charge in [-0.1, -0.05) is 30.3 Å². The number of imidazole rings is 2. The van der Waals surface area contributed by atoms with E-state index in [0.717, 1.165) is 57.9 Å². The molecule has 8 heteroatoms. The molecule has 2 aromatic heterocycles. The van der Waals surface area contributed by atoms with Crippen molar-refractivity contribution in [3.05, 3.63) is 83.6 Å². The van der Waals surface area contributed by atoms with Crippen molar-refractivity contribution in [2.45, 2.75) is 62.6 Å². The summed E-state index contributed by atoms with van der Waals surface area (Å²) in [6.45, 7) is 1.02. The highest BCUT2D eigenvalue weighted by Crippen LogP contribution is 2.56. The molecule has 4 heterocycles. The molecule has 2 saturated heterocycles. The minimum atomic E-state index is -3.10. The van der Waals surface area contributed by atoms with E-state index < -0.39 is 5.92 Å². The standard InChI is InChI=1S/C35H32F2N6/c36-35(37)25-12-18(19-4-8-27-28(14-19)43-33(42-27)31-20-1-5-22(11-20)41-31)2-6-23(25)24-7-3-21(13-26(24)35)30-32(40-17-39-30)29-15-34(9-10-34)16-38-29/h2-4,6-8,12-14,17,20,22,29,31,38,41H,1,5,9-11,15-16H2,(H,39,40)(H,42,43). The molecule has 43 heavy (non-hydrogen) atoms. The van der Waals surface area contributed by atoms with Crippen LogP contribution < -0.4 is 10.6 Å². The molecule has 6 nitrogen and oxygen atoms in total. The van der Waals surface area contributed by atoms with E-state index in [1.165, 1.54) is 32.1 Å². The number of benzene rings is 3. The van der Waals surface area contributed by atoms with Crippen LogP contribution in [0.2, 0.25) is 0 Å². The lowest BCUT2D eigenvalue weighted by atomic mass is 9.96. The molecule has 2 aliphatic heterocycles. The van der Waals surface area contributed by atoms with E-state index in [4.69, 9.17) is 4.98 Å². The summed E-state index contributed by atoms with van der Waals surface area (Å²) in [6.07, 6.45) is 9.01. The Hall–Kier alpha value is -3.88. The second kappa shape index (κ2) is 8.39. The lowest BCUT2D eigenvalue weighted by Crippen LogP contribution is -2.29. The van der Waals surface area contributed by atoms with Crippen LogP contribution >= 0.6 is 0 Å². The van der Waals surface area contributed by atoms with Gasteiger partial charge in [0.25, 0.3) is 5.92 Å². The fourth-order valence-corrected chi connectivity index (χ4v) is 8.55. The number of alkyl halides is 2. The van der Waals surface area contributed by atoms with E-state index in [0.29, 0.717) is 28.5 Å². The first-order valence-electron chi connectivity index (χ1n) is 15.6. The first kappa shape index (κ1) is 24.6. The maximum Gasteiger partial charge on any atom is 0.299 e. The zero-order chi connectivity index (χ0) is 28.5. The van der Waals surface area contributed by atoms with Gasteiger partial charge < -0.3 is 20.6 Å². The lowest BCUT2D eigenvalue weighted by molar-refractivity contribution is 0.0481. The van der Waals surface area contributed by atoms with E-state index in [1.807, 2.05) is 42.5 Å². The Morgan fingerprint density at radius 3 is 2.37 bits per heavy atom. The zero-order valence-electron chi connectivity index (χ0n) is 23.7. The van der Waals surface area contributed by atoms with Crippen LogP contribution in [-0.2, 0) is 5.92 Å². The third-order valence-electron chi connectivity index (χ3n) is 11.1. The molecule has 0 amide bonds. The Kier molecular flexibility index (Phi) is 4.79. The summed E-state index contributed by atoms with van der Waals surface area (Å²) in [5.74, 6) is -1.47. The van der Waals surface area contributed by atoms with Crippen molar-refractivity contribution >= 4 is 11.0 Å². The Morgan fingerprint density at radius 1 is 0.860 bits per heavy atom. The monoisotopic (exact) mass is 574 g/mol. The second-order valence-electron chi connectivity index (χ2n) is 13.7. The number of nitrogens with one attached hydrogen (secondary N) is 4. The van der Waals surface area contributed by atoms with Gasteiger partial charge in [-0.05, 0) is 96.4 Å². The summed E-state index contributed by atoms with van der Waals surface area (Å²) in [5, 5.41) is 7.34. The first-order valence-corrected chi connectivity index (χ1v) is 15.6. The molecular weight excluding hydrogens is 542 g/mol. The Bertz CT molecular complexity index is 1950. The van der Waals surface area contributed by atoms with E-state index in [-0.39, 0.29) is 23.2 Å². The third kappa shape index (κ3) is 3.56. The number of H-pyrrole nitrogens is 2. The number of halogens is 2. The molecule has 2 saturated carbocycles. The van der Waals surface area contributed by atoms with Gasteiger partial charge in [0.2, 0.25) is 0 Å². The number of hydrogen-bond acceptors (Lipinski definition) is 4. The number of fused-ring (bicyclic) bond motifs is 6. The minimum Gasteiger partial charge on any atom is -0.347 e. The molecule has 1 spiro atoms. The van der Waals surface area contributed by atoms with Crippen LogP contribution in [-0.4, -0.2) is 32.5 Å². The number of rotatable bonds is 4. The molecule has 216 valence electrons. The number of nitrogens with zero attached hydrogens (tertiary/aromatic N) is 2. The van der Waals surface area contributed by atoms with Crippen LogP contribution in [0.5, 0.6) is 0 Å². The quantitative estimate of drug-likeness (QED) is 0.181. The van der Waals surface area contributed by atoms with Crippen molar-refractivity contribution < 1.29 is 8.78 Å². The molecule has 2 bridgehead atoms. The fraction of sp³-hybridized carbons (Fsp3) is 0.371. The van der Waals surface area contributed by atoms with E-state index >= 15 is 8.78 Å². The predicted molar refractivity (Wildman–Crippen MR) is 162 cm³/mol. The van der Waals surface area contributed by atoms with Crippen LogP contribution in [0.4, 0.5) is 8.78 Å². The van der Waals surface area contributed by atoms with Gasteiger partial charge in [-0.3, -0.25) is 0 Å². The molecule has 4 fully saturated rings. The molecule has 4 N–H and O–H groups in total. The fourth-order valence-electron chi connectivity index (χ4n) is 8.55. The highest BCUT2D eigenvalue weighted by Gasteiger charge is 2.49. The summed E-state index contributed by atoms with van der Waals surface area (Å²) in [7, 11) is 0. The highest BCUT2D eigenvalue weighted by atomic mass is 19.3. The van der Waals surface area contributed by atoms with Crippen LogP contribution in [0.15, 0.2) is 60.9 Å². The number of aromatic amines is 2. The van der Waals surface area contributed by atoms with Gasteiger partial charge in [0, 0.05) is 29.3 Å². The summed E-state index contributed by atoms with van der Waals surface area (Å²) >= 11 is 0. The topological polar surface area (TPSA) is 81.4 Å². The third-order valence-corrected chi connectivity index (χ3v) is 11.1. The highest BCUT2D eigenvalue weighted by molar-refractivity contribution is 5.87. The van der Waals surface area contributed by atoms with Gasteiger partial charge in [0.1, 0.15) is 5.82 Å². The van der Waals surface area contributed by atoms with Crippen LogP contribution in [0.1, 0.15) is 73.3 Å². The lowest BCUT2D eigenvalue weighted by Gasteiger charge is -2.20. The van der Waals surface area contributed by atoms with Crippen LogP contribution in [0.25, 0.3) is 44.5 Å². The molecule has 10 rings (SSSR count). The molecule has 4 unspecified atom stereocenters. The molecular formula is C35H32F2N6. The average molecular weight is 575 g/mol. The van der Waals surface area contributed by atoms with Gasteiger partial charge >= 0.3 is 0 Å². The summed E-state index contributed by atoms with van der Waals surface area (Å²) in [4.78, 5) is 16.3. The van der Waals surface area contributed by atoms with Crippen molar-refractivity contribution in [2.24, 2.45) is 11.3 Å². The maximum absolute atomic E-state index is 16.2. The predicted octanol–water partition coefficient (Wildman–Crippen LogP) is 7.37. The normalized spacial score (nSPS) is 27.3. The van der Waals surface area contributed by atoms with E-state index in [2.05, 4.69) is 25.6 Å². The Labute approximate surface area is 247 Å². The molecule has 3 aliphatic carbocycles.